The van der Waals surface area contributed by atoms with Crippen LogP contribution in [0.25, 0.3) is 0 Å². The third-order valence-electron chi connectivity index (χ3n) is 3.44. The van der Waals surface area contributed by atoms with Crippen LogP contribution in [-0.4, -0.2) is 41.8 Å². The van der Waals surface area contributed by atoms with Gasteiger partial charge in [-0.15, -0.1) is 0 Å². The lowest BCUT2D eigenvalue weighted by molar-refractivity contribution is -0.140. The summed E-state index contributed by atoms with van der Waals surface area (Å²) in [4.78, 5) is 25.6. The summed E-state index contributed by atoms with van der Waals surface area (Å²) in [7, 11) is 1.62. The lowest BCUT2D eigenvalue weighted by Gasteiger charge is -2.31. The van der Waals surface area contributed by atoms with Gasteiger partial charge in [-0.2, -0.15) is 0 Å². The number of rotatable bonds is 5. The smallest absolute Gasteiger partial charge is 0.239 e. The van der Waals surface area contributed by atoms with Crippen molar-refractivity contribution in [3.05, 3.63) is 0 Å². The summed E-state index contributed by atoms with van der Waals surface area (Å²) in [6.07, 6.45) is 3.30. The van der Waals surface area contributed by atoms with E-state index in [0.717, 1.165) is 12.8 Å². The molecule has 0 bridgehead atoms. The maximum atomic E-state index is 12.4. The minimum Gasteiger partial charge on any atom is -0.392 e. The van der Waals surface area contributed by atoms with E-state index in [4.69, 9.17) is 18.0 Å². The molecule has 0 saturated heterocycles. The van der Waals surface area contributed by atoms with E-state index >= 15 is 0 Å². The monoisotopic (exact) mass is 271 g/mol. The summed E-state index contributed by atoms with van der Waals surface area (Å²) in [6, 6.07) is 0. The molecule has 0 aromatic carbocycles. The molecule has 0 unspecified atom stereocenters. The molecular formula is C12H21N3O2S. The molecule has 3 N–H and O–H groups in total. The van der Waals surface area contributed by atoms with Crippen LogP contribution in [0.15, 0.2) is 0 Å². The van der Waals surface area contributed by atoms with Crippen molar-refractivity contribution in [2.45, 2.75) is 32.6 Å². The lowest BCUT2D eigenvalue weighted by atomic mass is 9.84. The summed E-state index contributed by atoms with van der Waals surface area (Å²) in [5.74, 6) is -0.289. The van der Waals surface area contributed by atoms with E-state index in [2.05, 4.69) is 5.32 Å². The molecule has 1 aliphatic carbocycles. The largest absolute Gasteiger partial charge is 0.392 e. The molecular weight excluding hydrogens is 250 g/mol. The first-order chi connectivity index (χ1) is 8.44. The summed E-state index contributed by atoms with van der Waals surface area (Å²) in [5.41, 5.74) is 5.02. The van der Waals surface area contributed by atoms with E-state index in [0.29, 0.717) is 19.4 Å². The van der Waals surface area contributed by atoms with Gasteiger partial charge >= 0.3 is 0 Å². The zero-order valence-corrected chi connectivity index (χ0v) is 11.8. The number of likely N-dealkylation sites (N-methyl/N-ethyl adjacent to an activating group) is 2. The molecule has 18 heavy (non-hydrogen) atoms. The first kappa shape index (κ1) is 14.9. The number of hydrogen-bond acceptors (Lipinski definition) is 3. The molecule has 0 aromatic rings. The first-order valence-electron chi connectivity index (χ1n) is 6.26. The Morgan fingerprint density at radius 1 is 1.39 bits per heavy atom. The van der Waals surface area contributed by atoms with Crippen LogP contribution in [-0.2, 0) is 9.59 Å². The Morgan fingerprint density at radius 2 is 1.94 bits per heavy atom. The molecule has 0 atom stereocenters. The van der Waals surface area contributed by atoms with E-state index in [-0.39, 0.29) is 23.3 Å². The molecule has 1 fully saturated rings. The zero-order chi connectivity index (χ0) is 13.8. The van der Waals surface area contributed by atoms with Crippen molar-refractivity contribution in [2.24, 2.45) is 11.1 Å². The molecule has 1 aliphatic rings. The van der Waals surface area contributed by atoms with E-state index in [9.17, 15) is 9.59 Å². The molecule has 0 spiro atoms. The molecule has 0 radical (unpaired) electrons. The topological polar surface area (TPSA) is 75.4 Å². The second kappa shape index (κ2) is 6.13. The van der Waals surface area contributed by atoms with Gasteiger partial charge in [0.25, 0.3) is 0 Å². The number of carbonyl (C=O) groups is 2. The Hall–Kier alpha value is -1.17. The predicted molar refractivity (Wildman–Crippen MR) is 74.0 cm³/mol. The third-order valence-corrected chi connectivity index (χ3v) is 3.83. The fourth-order valence-corrected chi connectivity index (χ4v) is 2.74. The van der Waals surface area contributed by atoms with Gasteiger partial charge in [0.1, 0.15) is 0 Å². The molecule has 6 heteroatoms. The van der Waals surface area contributed by atoms with Crippen LogP contribution in [0.1, 0.15) is 32.6 Å². The molecule has 1 rings (SSSR count). The van der Waals surface area contributed by atoms with Crippen molar-refractivity contribution < 1.29 is 9.59 Å². The highest BCUT2D eigenvalue weighted by atomic mass is 32.1. The van der Waals surface area contributed by atoms with E-state index in [1.54, 1.807) is 7.05 Å². The van der Waals surface area contributed by atoms with Crippen LogP contribution < -0.4 is 11.1 Å². The number of amides is 2. The number of hydrogen-bond donors (Lipinski definition) is 2. The van der Waals surface area contributed by atoms with E-state index < -0.39 is 5.41 Å². The molecule has 2 amide bonds. The van der Waals surface area contributed by atoms with Crippen LogP contribution in [0, 0.1) is 5.41 Å². The predicted octanol–water partition coefficient (Wildman–Crippen LogP) is 0.427. The van der Waals surface area contributed by atoms with Gasteiger partial charge in [-0.25, -0.2) is 0 Å². The molecule has 1 saturated carbocycles. The first-order valence-corrected chi connectivity index (χ1v) is 6.67. The maximum absolute atomic E-state index is 12.4. The summed E-state index contributed by atoms with van der Waals surface area (Å²) in [6.45, 7) is 2.45. The van der Waals surface area contributed by atoms with Crippen LogP contribution in [0.5, 0.6) is 0 Å². The SMILES string of the molecule is CCNC(=O)CN(C)C(=O)C1(C(N)=S)CCCC1. The van der Waals surface area contributed by atoms with Crippen molar-refractivity contribution in [3.8, 4) is 0 Å². The van der Waals surface area contributed by atoms with Gasteiger partial charge in [-0.05, 0) is 19.8 Å². The third kappa shape index (κ3) is 2.98. The van der Waals surface area contributed by atoms with Crippen LogP contribution in [0.2, 0.25) is 0 Å². The Balaban J connectivity index is 2.72. The van der Waals surface area contributed by atoms with Crippen molar-refractivity contribution in [3.63, 3.8) is 0 Å². The quantitative estimate of drug-likeness (QED) is 0.711. The number of nitrogens with two attached hydrogens (primary N) is 1. The fourth-order valence-electron chi connectivity index (χ4n) is 2.45. The fraction of sp³-hybridized carbons (Fsp3) is 0.750. The number of carbonyl (C=O) groups excluding carboxylic acids is 2. The Labute approximate surface area is 113 Å². The summed E-state index contributed by atoms with van der Waals surface area (Å²) in [5, 5.41) is 2.67. The van der Waals surface area contributed by atoms with Crippen molar-refractivity contribution in [2.75, 3.05) is 20.1 Å². The van der Waals surface area contributed by atoms with Gasteiger partial charge < -0.3 is 16.0 Å². The van der Waals surface area contributed by atoms with Crippen molar-refractivity contribution in [1.82, 2.24) is 10.2 Å². The maximum Gasteiger partial charge on any atom is 0.239 e. The van der Waals surface area contributed by atoms with Crippen LogP contribution in [0.4, 0.5) is 0 Å². The molecule has 5 nitrogen and oxygen atoms in total. The van der Waals surface area contributed by atoms with Gasteiger partial charge in [0.15, 0.2) is 0 Å². The average molecular weight is 271 g/mol. The van der Waals surface area contributed by atoms with Gasteiger partial charge in [-0.1, -0.05) is 25.1 Å². The van der Waals surface area contributed by atoms with Gasteiger partial charge in [-0.3, -0.25) is 9.59 Å². The molecule has 0 heterocycles. The molecule has 0 aromatic heterocycles. The zero-order valence-electron chi connectivity index (χ0n) is 11.0. The standard InChI is InChI=1S/C12H21N3O2S/c1-3-14-9(16)8-15(2)11(17)12(10(13)18)6-4-5-7-12/h3-8H2,1-2H3,(H2,13,18)(H,14,16). The summed E-state index contributed by atoms with van der Waals surface area (Å²) >= 11 is 5.06. The number of nitrogens with zero attached hydrogens (tertiary/aromatic N) is 1. The van der Waals surface area contributed by atoms with E-state index in [1.807, 2.05) is 6.92 Å². The highest BCUT2D eigenvalue weighted by Gasteiger charge is 2.45. The Bertz CT molecular complexity index is 351. The average Bonchev–Trinajstić information content (AvgIpc) is 2.78. The molecule has 102 valence electrons. The normalized spacial score (nSPS) is 17.2. The Kier molecular flexibility index (Phi) is 5.07. The van der Waals surface area contributed by atoms with Crippen molar-refractivity contribution >= 4 is 29.0 Å². The summed E-state index contributed by atoms with van der Waals surface area (Å²) < 4.78 is 0. The second-order valence-corrected chi connectivity index (χ2v) is 5.21. The number of nitrogens with one attached hydrogen (secondary N) is 1. The van der Waals surface area contributed by atoms with Crippen LogP contribution in [0.3, 0.4) is 0 Å². The minimum absolute atomic E-state index is 0.0526. The molecule has 0 aliphatic heterocycles. The Morgan fingerprint density at radius 3 is 2.39 bits per heavy atom. The van der Waals surface area contributed by atoms with Crippen molar-refractivity contribution in [1.29, 1.82) is 0 Å². The lowest BCUT2D eigenvalue weighted by Crippen LogP contribution is -2.50. The minimum atomic E-state index is -0.726. The van der Waals surface area contributed by atoms with Gasteiger partial charge in [0, 0.05) is 13.6 Å². The number of thiocarbonyl (C=S) groups is 1. The highest BCUT2D eigenvalue weighted by molar-refractivity contribution is 7.80. The van der Waals surface area contributed by atoms with E-state index in [1.165, 1.54) is 4.90 Å². The van der Waals surface area contributed by atoms with Gasteiger partial charge in [0.2, 0.25) is 11.8 Å². The second-order valence-electron chi connectivity index (χ2n) is 4.77. The highest BCUT2D eigenvalue weighted by Crippen LogP contribution is 2.39. The van der Waals surface area contributed by atoms with Crippen LogP contribution >= 0.6 is 12.2 Å². The van der Waals surface area contributed by atoms with Gasteiger partial charge in [0.05, 0.1) is 16.9 Å².